The van der Waals surface area contributed by atoms with Crippen LogP contribution in [0.4, 0.5) is 0 Å². The molecular formula is C22H33N5O3. The molecule has 164 valence electrons. The van der Waals surface area contributed by atoms with Gasteiger partial charge in [0.05, 0.1) is 11.6 Å². The van der Waals surface area contributed by atoms with E-state index in [-0.39, 0.29) is 12.2 Å². The fraction of sp³-hybridized carbons (Fsp3) is 0.636. The summed E-state index contributed by atoms with van der Waals surface area (Å²) in [4.78, 5) is 10.9. The van der Waals surface area contributed by atoms with E-state index in [2.05, 4.69) is 27.8 Å². The smallest absolute Gasteiger partial charge is 0.303 e. The summed E-state index contributed by atoms with van der Waals surface area (Å²) in [6.07, 6.45) is 9.05. The van der Waals surface area contributed by atoms with Crippen molar-refractivity contribution in [3.05, 3.63) is 35.7 Å². The van der Waals surface area contributed by atoms with Gasteiger partial charge in [-0.05, 0) is 67.2 Å². The Labute approximate surface area is 177 Å². The molecule has 3 rings (SSSR count). The average molecular weight is 416 g/mol. The second kappa shape index (κ2) is 10.5. The van der Waals surface area contributed by atoms with Crippen LogP contribution in [-0.4, -0.2) is 42.9 Å². The molecule has 1 aromatic heterocycles. The van der Waals surface area contributed by atoms with Crippen molar-refractivity contribution in [1.82, 2.24) is 25.5 Å². The van der Waals surface area contributed by atoms with E-state index in [0.717, 1.165) is 50.0 Å². The molecule has 0 saturated heterocycles. The second-order valence-electron chi connectivity index (χ2n) is 8.52. The molecule has 30 heavy (non-hydrogen) atoms. The molecule has 0 amide bonds. The maximum atomic E-state index is 10.9. The molecular weight excluding hydrogens is 382 g/mol. The lowest BCUT2D eigenvalue weighted by Crippen LogP contribution is -2.43. The second-order valence-corrected chi connectivity index (χ2v) is 8.52. The van der Waals surface area contributed by atoms with Gasteiger partial charge >= 0.3 is 5.97 Å². The molecule has 2 aromatic rings. The lowest BCUT2D eigenvalue weighted by atomic mass is 9.90. The molecule has 8 nitrogen and oxygen atoms in total. The fourth-order valence-electron chi connectivity index (χ4n) is 4.31. The Balaban J connectivity index is 1.71. The van der Waals surface area contributed by atoms with Gasteiger partial charge in [0.1, 0.15) is 5.75 Å². The normalized spacial score (nSPS) is 17.0. The third-order valence-electron chi connectivity index (χ3n) is 6.09. The highest BCUT2D eigenvalue weighted by molar-refractivity contribution is 5.66. The maximum absolute atomic E-state index is 10.9. The molecule has 1 fully saturated rings. The van der Waals surface area contributed by atoms with Crippen LogP contribution in [0.15, 0.2) is 24.3 Å². The van der Waals surface area contributed by atoms with Gasteiger partial charge in [-0.2, -0.15) is 0 Å². The number of aromatic hydroxyl groups is 1. The van der Waals surface area contributed by atoms with E-state index < -0.39 is 11.5 Å². The zero-order chi connectivity index (χ0) is 21.4. The van der Waals surface area contributed by atoms with Crippen molar-refractivity contribution >= 4 is 5.97 Å². The molecule has 1 aliphatic carbocycles. The lowest BCUT2D eigenvalue weighted by molar-refractivity contribution is -0.137. The Morgan fingerprint density at radius 3 is 2.63 bits per heavy atom. The van der Waals surface area contributed by atoms with Crippen LogP contribution in [0.3, 0.4) is 0 Å². The number of benzene rings is 1. The van der Waals surface area contributed by atoms with Crippen LogP contribution in [-0.2, 0) is 16.8 Å². The number of nitrogens with zero attached hydrogens (tertiary/aromatic N) is 4. The van der Waals surface area contributed by atoms with E-state index in [1.54, 1.807) is 12.1 Å². The zero-order valence-electron chi connectivity index (χ0n) is 17.8. The number of phenolic OH excluding ortho intramolecular Hbond substituents is 1. The summed E-state index contributed by atoms with van der Waals surface area (Å²) >= 11 is 0. The third kappa shape index (κ3) is 6.01. The molecule has 1 saturated carbocycles. The molecule has 3 N–H and O–H groups in total. The number of hydrogen-bond acceptors (Lipinski definition) is 6. The van der Waals surface area contributed by atoms with Crippen molar-refractivity contribution in [2.24, 2.45) is 0 Å². The predicted molar refractivity (Wildman–Crippen MR) is 113 cm³/mol. The molecule has 1 unspecified atom stereocenters. The molecule has 8 heteroatoms. The summed E-state index contributed by atoms with van der Waals surface area (Å²) in [5.74, 6) is 0.348. The molecule has 0 radical (unpaired) electrons. The van der Waals surface area contributed by atoms with Gasteiger partial charge in [0.15, 0.2) is 5.82 Å². The van der Waals surface area contributed by atoms with Crippen molar-refractivity contribution in [3.8, 4) is 5.75 Å². The fourth-order valence-corrected chi connectivity index (χ4v) is 4.31. The molecule has 0 bridgehead atoms. The van der Waals surface area contributed by atoms with Crippen molar-refractivity contribution < 1.29 is 15.0 Å². The van der Waals surface area contributed by atoms with Gasteiger partial charge in [0, 0.05) is 13.0 Å². The van der Waals surface area contributed by atoms with E-state index in [1.807, 2.05) is 16.8 Å². The molecule has 0 spiro atoms. The number of hydrogen-bond donors (Lipinski definition) is 3. The van der Waals surface area contributed by atoms with Gasteiger partial charge < -0.3 is 15.5 Å². The van der Waals surface area contributed by atoms with Crippen molar-refractivity contribution in [1.29, 1.82) is 0 Å². The highest BCUT2D eigenvalue weighted by Gasteiger charge is 2.34. The lowest BCUT2D eigenvalue weighted by Gasteiger charge is -2.32. The number of carbonyl (C=O) groups is 1. The van der Waals surface area contributed by atoms with Crippen LogP contribution in [0.5, 0.6) is 5.75 Å². The summed E-state index contributed by atoms with van der Waals surface area (Å²) < 4.78 is 2.00. The molecule has 1 heterocycles. The van der Waals surface area contributed by atoms with Gasteiger partial charge in [-0.3, -0.25) is 4.79 Å². The SMILES string of the molecule is CC(CCCCC(=O)O)(NCCc1ccc(O)cc1)c1nnnn1C1CCCCC1. The minimum absolute atomic E-state index is 0.178. The molecule has 0 aliphatic heterocycles. The third-order valence-corrected chi connectivity index (χ3v) is 6.09. The number of aromatic nitrogens is 4. The van der Waals surface area contributed by atoms with Gasteiger partial charge in [-0.1, -0.05) is 37.8 Å². The first-order valence-corrected chi connectivity index (χ1v) is 11.0. The first-order valence-electron chi connectivity index (χ1n) is 11.0. The van der Waals surface area contributed by atoms with Crippen LogP contribution in [0, 0.1) is 0 Å². The Morgan fingerprint density at radius 1 is 1.20 bits per heavy atom. The predicted octanol–water partition coefficient (Wildman–Crippen LogP) is 3.58. The highest BCUT2D eigenvalue weighted by Crippen LogP contribution is 2.32. The topological polar surface area (TPSA) is 113 Å². The minimum Gasteiger partial charge on any atom is -0.508 e. The van der Waals surface area contributed by atoms with Crippen LogP contribution in [0.2, 0.25) is 0 Å². The first-order chi connectivity index (χ1) is 14.5. The summed E-state index contributed by atoms with van der Waals surface area (Å²) in [6.45, 7) is 2.85. The number of unbranched alkanes of at least 4 members (excludes halogenated alkanes) is 1. The highest BCUT2D eigenvalue weighted by atomic mass is 16.4. The standard InChI is InChI=1S/C22H33N5O3/c1-22(15-6-5-9-20(29)30,23-16-14-17-10-12-19(28)13-11-17)21-24-25-26-27(21)18-7-3-2-4-8-18/h10-13,18,23,28H,2-9,14-16H2,1H3,(H,29,30). The van der Waals surface area contributed by atoms with Crippen LogP contribution in [0.25, 0.3) is 0 Å². The summed E-state index contributed by atoms with van der Waals surface area (Å²) in [7, 11) is 0. The van der Waals surface area contributed by atoms with E-state index in [0.29, 0.717) is 12.5 Å². The van der Waals surface area contributed by atoms with Gasteiger partial charge in [0.2, 0.25) is 0 Å². The molecule has 1 atom stereocenters. The van der Waals surface area contributed by atoms with Crippen LogP contribution in [0.1, 0.15) is 82.1 Å². The van der Waals surface area contributed by atoms with E-state index in [1.165, 1.54) is 19.3 Å². The number of carboxylic acid groups (broad SMARTS) is 1. The number of aliphatic carboxylic acids is 1. The monoisotopic (exact) mass is 415 g/mol. The summed E-state index contributed by atoms with van der Waals surface area (Å²) in [5, 5.41) is 34.8. The van der Waals surface area contributed by atoms with E-state index in [9.17, 15) is 9.90 Å². The minimum atomic E-state index is -0.760. The number of phenols is 1. The molecule has 1 aliphatic rings. The largest absolute Gasteiger partial charge is 0.508 e. The Bertz CT molecular complexity index is 801. The maximum Gasteiger partial charge on any atom is 0.303 e. The first kappa shape index (κ1) is 22.2. The summed E-state index contributed by atoms with van der Waals surface area (Å²) in [5.41, 5.74) is 0.705. The Kier molecular flexibility index (Phi) is 7.79. The van der Waals surface area contributed by atoms with Gasteiger partial charge in [-0.15, -0.1) is 5.10 Å². The Morgan fingerprint density at radius 2 is 1.93 bits per heavy atom. The Hall–Kier alpha value is -2.48. The zero-order valence-corrected chi connectivity index (χ0v) is 17.8. The van der Waals surface area contributed by atoms with E-state index >= 15 is 0 Å². The number of rotatable bonds is 11. The van der Waals surface area contributed by atoms with Crippen molar-refractivity contribution in [2.45, 2.75) is 82.7 Å². The quantitative estimate of drug-likeness (QED) is 0.481. The van der Waals surface area contributed by atoms with E-state index in [4.69, 9.17) is 5.11 Å². The van der Waals surface area contributed by atoms with Crippen molar-refractivity contribution in [3.63, 3.8) is 0 Å². The number of nitrogens with one attached hydrogen (secondary N) is 1. The van der Waals surface area contributed by atoms with Crippen molar-refractivity contribution in [2.75, 3.05) is 6.54 Å². The van der Waals surface area contributed by atoms with Crippen LogP contribution >= 0.6 is 0 Å². The summed E-state index contributed by atoms with van der Waals surface area (Å²) in [6, 6.07) is 7.58. The molecule has 1 aromatic carbocycles. The number of carboxylic acids is 1. The average Bonchev–Trinajstić information content (AvgIpc) is 3.24. The number of tetrazole rings is 1. The van der Waals surface area contributed by atoms with Crippen LogP contribution < -0.4 is 5.32 Å². The van der Waals surface area contributed by atoms with Gasteiger partial charge in [-0.25, -0.2) is 4.68 Å². The van der Waals surface area contributed by atoms with Gasteiger partial charge in [0.25, 0.3) is 0 Å².